The van der Waals surface area contributed by atoms with Gasteiger partial charge in [0.15, 0.2) is 0 Å². The Hall–Kier alpha value is -2.49. The highest BCUT2D eigenvalue weighted by Crippen LogP contribution is 2.34. The molecule has 2 heterocycles. The second-order valence-corrected chi connectivity index (χ2v) is 11.0. The van der Waals surface area contributed by atoms with E-state index in [2.05, 4.69) is 0 Å². The van der Waals surface area contributed by atoms with Crippen LogP contribution in [0.5, 0.6) is 0 Å². The van der Waals surface area contributed by atoms with Gasteiger partial charge in [0.2, 0.25) is 0 Å². The lowest BCUT2D eigenvalue weighted by Gasteiger charge is -2.12. The fourth-order valence-corrected chi connectivity index (χ4v) is 5.98. The Morgan fingerprint density at radius 1 is 0.771 bits per heavy atom. The van der Waals surface area contributed by atoms with Crippen molar-refractivity contribution in [3.8, 4) is 0 Å². The molecule has 0 saturated carbocycles. The molecule has 0 amide bonds. The van der Waals surface area contributed by atoms with Crippen LogP contribution >= 0.6 is 23.5 Å². The van der Waals surface area contributed by atoms with Crippen molar-refractivity contribution in [2.24, 2.45) is 0 Å². The van der Waals surface area contributed by atoms with Crippen LogP contribution < -0.4 is 0 Å². The molecule has 4 atom stereocenters. The zero-order chi connectivity index (χ0) is 25.0. The zero-order valence-corrected chi connectivity index (χ0v) is 21.2. The fourth-order valence-electron chi connectivity index (χ4n) is 3.53. The summed E-state index contributed by atoms with van der Waals surface area (Å²) < 4.78 is 15.6. The monoisotopic (exact) mass is 518 g/mol. The standard InChI is InChI=1S/C14H16O4S.C12H14O3S/c1-10(15)18-13-8-7-12(19-13)9-17-14(16)11-5-3-2-4-6-11;13-11-7-6-10(16-11)8-15-12(14)9-4-2-1-3-5-9/h2-6,12-13H,7-9H2,1H3;1-5,10-11,13H,6-8H2/t12-,13?;10-,11?/m11/s1. The van der Waals surface area contributed by atoms with Crippen LogP contribution in [0.25, 0.3) is 0 Å². The minimum absolute atomic E-state index is 0.0991. The van der Waals surface area contributed by atoms with Crippen molar-refractivity contribution in [3.63, 3.8) is 0 Å². The number of carbonyl (C=O) groups excluding carboxylic acids is 3. The summed E-state index contributed by atoms with van der Waals surface area (Å²) in [6.45, 7) is 2.15. The van der Waals surface area contributed by atoms with Gasteiger partial charge in [-0.1, -0.05) is 36.4 Å². The number of rotatable bonds is 7. The fraction of sp³-hybridized carbons (Fsp3) is 0.423. The van der Waals surface area contributed by atoms with E-state index in [9.17, 15) is 19.5 Å². The molecule has 0 aliphatic carbocycles. The van der Waals surface area contributed by atoms with Gasteiger partial charge in [-0.25, -0.2) is 9.59 Å². The first kappa shape index (κ1) is 27.1. The highest BCUT2D eigenvalue weighted by molar-refractivity contribution is 8.00. The summed E-state index contributed by atoms with van der Waals surface area (Å²) in [5, 5.41) is 9.75. The van der Waals surface area contributed by atoms with Gasteiger partial charge in [0, 0.05) is 17.4 Å². The van der Waals surface area contributed by atoms with Crippen molar-refractivity contribution in [2.45, 2.75) is 54.0 Å². The molecule has 2 aromatic rings. The lowest BCUT2D eigenvalue weighted by atomic mass is 10.2. The van der Waals surface area contributed by atoms with E-state index in [1.54, 1.807) is 48.2 Å². The van der Waals surface area contributed by atoms with Gasteiger partial charge >= 0.3 is 17.9 Å². The summed E-state index contributed by atoms with van der Waals surface area (Å²) in [4.78, 5) is 34.2. The quantitative estimate of drug-likeness (QED) is 0.413. The normalized spacial score (nSPS) is 23.0. The molecule has 0 bridgehead atoms. The molecular formula is C26H30O7S2. The van der Waals surface area contributed by atoms with Gasteiger partial charge in [-0.3, -0.25) is 4.79 Å². The van der Waals surface area contributed by atoms with Gasteiger partial charge < -0.3 is 19.3 Å². The maximum Gasteiger partial charge on any atom is 0.338 e. The van der Waals surface area contributed by atoms with Crippen LogP contribution in [0.15, 0.2) is 60.7 Å². The van der Waals surface area contributed by atoms with E-state index in [-0.39, 0.29) is 39.3 Å². The lowest BCUT2D eigenvalue weighted by Crippen LogP contribution is -2.14. The van der Waals surface area contributed by atoms with E-state index in [0.717, 1.165) is 25.7 Å². The molecule has 0 aromatic heterocycles. The van der Waals surface area contributed by atoms with Crippen molar-refractivity contribution in [1.29, 1.82) is 0 Å². The average molecular weight is 519 g/mol. The van der Waals surface area contributed by atoms with Crippen molar-refractivity contribution in [1.82, 2.24) is 0 Å². The van der Waals surface area contributed by atoms with Gasteiger partial charge in [-0.2, -0.15) is 0 Å². The molecule has 188 valence electrons. The Kier molecular flexibility index (Phi) is 11.0. The molecule has 9 heteroatoms. The highest BCUT2D eigenvalue weighted by atomic mass is 32.2. The number of benzene rings is 2. The third kappa shape index (κ3) is 9.58. The molecular weight excluding hydrogens is 488 g/mol. The maximum absolute atomic E-state index is 11.7. The van der Waals surface area contributed by atoms with Crippen LogP contribution in [0.1, 0.15) is 53.3 Å². The van der Waals surface area contributed by atoms with E-state index < -0.39 is 0 Å². The molecule has 7 nitrogen and oxygen atoms in total. The number of thioether (sulfide) groups is 2. The minimum Gasteiger partial charge on any atom is -0.461 e. The van der Waals surface area contributed by atoms with Gasteiger partial charge in [0.1, 0.15) is 18.6 Å². The number of ether oxygens (including phenoxy) is 3. The van der Waals surface area contributed by atoms with Crippen LogP contribution in [0.2, 0.25) is 0 Å². The van der Waals surface area contributed by atoms with Crippen LogP contribution in [-0.4, -0.2) is 57.6 Å². The Bertz CT molecular complexity index is 955. The first-order valence-corrected chi connectivity index (χ1v) is 13.4. The summed E-state index contributed by atoms with van der Waals surface area (Å²) in [6.07, 6.45) is 3.41. The topological polar surface area (TPSA) is 99.1 Å². The molecule has 4 rings (SSSR count). The third-order valence-corrected chi connectivity index (χ3v) is 7.97. The molecule has 0 spiro atoms. The van der Waals surface area contributed by atoms with E-state index >= 15 is 0 Å². The van der Waals surface area contributed by atoms with Crippen molar-refractivity contribution < 1.29 is 33.7 Å². The molecule has 2 aliphatic rings. The molecule has 35 heavy (non-hydrogen) atoms. The number of carbonyl (C=O) groups is 3. The van der Waals surface area contributed by atoms with Gasteiger partial charge in [-0.15, -0.1) is 23.5 Å². The van der Waals surface area contributed by atoms with Crippen LogP contribution in [0.4, 0.5) is 0 Å². The summed E-state index contributed by atoms with van der Waals surface area (Å²) in [5.74, 6) is -0.862. The number of esters is 3. The van der Waals surface area contributed by atoms with Crippen LogP contribution in [0, 0.1) is 0 Å². The van der Waals surface area contributed by atoms with Gasteiger partial charge in [0.25, 0.3) is 0 Å². The van der Waals surface area contributed by atoms with Crippen LogP contribution in [-0.2, 0) is 19.0 Å². The minimum atomic E-state index is -0.308. The molecule has 2 saturated heterocycles. The first-order chi connectivity index (χ1) is 16.9. The predicted molar refractivity (Wildman–Crippen MR) is 136 cm³/mol. The van der Waals surface area contributed by atoms with Crippen molar-refractivity contribution in [3.05, 3.63) is 71.8 Å². The molecule has 2 fully saturated rings. The largest absolute Gasteiger partial charge is 0.461 e. The van der Waals surface area contributed by atoms with E-state index in [1.807, 2.05) is 24.3 Å². The smallest absolute Gasteiger partial charge is 0.338 e. The summed E-state index contributed by atoms with van der Waals surface area (Å²) in [5.41, 5.74) is 0.742. The Morgan fingerprint density at radius 3 is 1.71 bits per heavy atom. The van der Waals surface area contributed by atoms with Crippen molar-refractivity contribution >= 4 is 41.4 Å². The van der Waals surface area contributed by atoms with Gasteiger partial charge in [0.05, 0.1) is 16.6 Å². The predicted octanol–water partition coefficient (Wildman–Crippen LogP) is 4.69. The summed E-state index contributed by atoms with van der Waals surface area (Å²) in [7, 11) is 0. The number of hydrogen-bond acceptors (Lipinski definition) is 9. The third-order valence-electron chi connectivity index (χ3n) is 5.27. The highest BCUT2D eigenvalue weighted by Gasteiger charge is 2.28. The molecule has 1 N–H and O–H groups in total. The average Bonchev–Trinajstić information content (AvgIpc) is 3.50. The second-order valence-electron chi connectivity index (χ2n) is 8.09. The number of hydrogen-bond donors (Lipinski definition) is 1. The molecule has 0 radical (unpaired) electrons. The Morgan fingerprint density at radius 2 is 1.26 bits per heavy atom. The van der Waals surface area contributed by atoms with E-state index in [0.29, 0.717) is 24.3 Å². The molecule has 2 aromatic carbocycles. The van der Waals surface area contributed by atoms with Crippen LogP contribution in [0.3, 0.4) is 0 Å². The summed E-state index contributed by atoms with van der Waals surface area (Å²) in [6, 6.07) is 17.9. The summed E-state index contributed by atoms with van der Waals surface area (Å²) >= 11 is 3.04. The van der Waals surface area contributed by atoms with E-state index in [1.165, 1.54) is 18.7 Å². The molecule has 2 unspecified atom stereocenters. The Labute approximate surface area is 213 Å². The second kappa shape index (κ2) is 14.2. The number of aliphatic hydroxyl groups excluding tert-OH is 1. The van der Waals surface area contributed by atoms with Gasteiger partial charge in [-0.05, 0) is 49.9 Å². The van der Waals surface area contributed by atoms with E-state index in [4.69, 9.17) is 14.2 Å². The lowest BCUT2D eigenvalue weighted by molar-refractivity contribution is -0.142. The maximum atomic E-state index is 11.7. The number of aliphatic hydroxyl groups is 1. The Balaban J connectivity index is 0.000000198. The van der Waals surface area contributed by atoms with Crippen molar-refractivity contribution in [2.75, 3.05) is 13.2 Å². The first-order valence-electron chi connectivity index (χ1n) is 11.5. The molecule has 2 aliphatic heterocycles. The SMILES string of the molecule is CC(=O)OC1CC[C@H](COC(=O)c2ccccc2)S1.O=C(OC[C@H]1CCC(O)S1)c1ccccc1. The zero-order valence-electron chi connectivity index (χ0n) is 19.5.